The summed E-state index contributed by atoms with van der Waals surface area (Å²) >= 11 is 1.87. The highest BCUT2D eigenvalue weighted by molar-refractivity contribution is 7.15. The summed E-state index contributed by atoms with van der Waals surface area (Å²) in [4.78, 5) is 19.8. The average molecular weight is 499 g/mol. The normalized spacial score (nSPS) is 17.1. The summed E-state index contributed by atoms with van der Waals surface area (Å²) in [7, 11) is 3.85. The zero-order valence-corrected chi connectivity index (χ0v) is 21.6. The van der Waals surface area contributed by atoms with Crippen molar-refractivity contribution in [3.63, 3.8) is 0 Å². The van der Waals surface area contributed by atoms with Crippen molar-refractivity contribution in [2.45, 2.75) is 32.5 Å². The lowest BCUT2D eigenvalue weighted by molar-refractivity contribution is 0.194. The van der Waals surface area contributed by atoms with Crippen LogP contribution in [0.2, 0.25) is 0 Å². The Hall–Kier alpha value is -3.55. The first kappa shape index (κ1) is 22.9. The van der Waals surface area contributed by atoms with Crippen LogP contribution in [0, 0.1) is 6.92 Å². The number of para-hydroxylation sites is 1. The summed E-state index contributed by atoms with van der Waals surface area (Å²) in [6, 6.07) is 19.9. The Labute approximate surface area is 215 Å². The van der Waals surface area contributed by atoms with Gasteiger partial charge in [-0.05, 0) is 67.4 Å². The monoisotopic (exact) mass is 498 g/mol. The summed E-state index contributed by atoms with van der Waals surface area (Å²) in [5, 5.41) is 4.45. The molecule has 1 atom stereocenters. The molecule has 36 heavy (non-hydrogen) atoms. The van der Waals surface area contributed by atoms with Gasteiger partial charge in [0.15, 0.2) is 0 Å². The van der Waals surface area contributed by atoms with Gasteiger partial charge in [-0.2, -0.15) is 0 Å². The van der Waals surface area contributed by atoms with Gasteiger partial charge in [0.2, 0.25) is 0 Å². The van der Waals surface area contributed by atoms with Crippen LogP contribution in [0.5, 0.6) is 5.75 Å². The van der Waals surface area contributed by atoms with E-state index in [4.69, 9.17) is 4.74 Å². The Morgan fingerprint density at radius 3 is 2.61 bits per heavy atom. The SMILES string of the molecule is COc1ccc([C@@H]2c3cccn3-c3sc4c(c3CN2C(=O)Nc2ccccc2C)CCN(C)C4)cc1. The lowest BCUT2D eigenvalue weighted by atomic mass is 10.00. The van der Waals surface area contributed by atoms with Crippen LogP contribution in [0.15, 0.2) is 66.9 Å². The molecule has 0 saturated heterocycles. The number of aryl methyl sites for hydroxylation is 1. The Morgan fingerprint density at radius 1 is 1.03 bits per heavy atom. The molecule has 2 aromatic carbocycles. The number of amides is 2. The molecule has 0 fully saturated rings. The van der Waals surface area contributed by atoms with Gasteiger partial charge in [0.25, 0.3) is 0 Å². The Bertz CT molecular complexity index is 1420. The zero-order chi connectivity index (χ0) is 24.8. The quantitative estimate of drug-likeness (QED) is 0.378. The maximum absolute atomic E-state index is 14.0. The molecule has 0 spiro atoms. The second kappa shape index (κ2) is 9.15. The number of methoxy groups -OCH3 is 1. The molecule has 0 aliphatic carbocycles. The molecule has 6 rings (SSSR count). The Kier molecular flexibility index (Phi) is 5.82. The molecule has 7 heteroatoms. The van der Waals surface area contributed by atoms with Gasteiger partial charge >= 0.3 is 6.03 Å². The standard InChI is InChI=1S/C29H30N4O2S/c1-19-7-4-5-8-24(19)30-29(34)33-17-23-22-14-16-31(2)18-26(22)36-28(23)32-15-6-9-25(32)27(33)20-10-12-21(35-3)13-11-20/h4-13,15,27H,14,16-18H2,1-3H3,(H,30,34)/t27-/m1/s1. The lowest BCUT2D eigenvalue weighted by Gasteiger charge is -2.32. The molecule has 0 radical (unpaired) electrons. The number of anilines is 1. The van der Waals surface area contributed by atoms with Crippen LogP contribution in [0.3, 0.4) is 0 Å². The van der Waals surface area contributed by atoms with Gasteiger partial charge in [0, 0.05) is 35.4 Å². The number of thiophene rings is 1. The van der Waals surface area contributed by atoms with E-state index in [1.165, 1.54) is 21.0 Å². The number of aromatic nitrogens is 1. The molecular formula is C29H30N4O2S. The summed E-state index contributed by atoms with van der Waals surface area (Å²) < 4.78 is 7.71. The van der Waals surface area contributed by atoms with Crippen LogP contribution in [0.4, 0.5) is 10.5 Å². The molecule has 2 aliphatic rings. The van der Waals surface area contributed by atoms with E-state index < -0.39 is 0 Å². The van der Waals surface area contributed by atoms with E-state index >= 15 is 0 Å². The first-order chi connectivity index (χ1) is 17.5. The minimum absolute atomic E-state index is 0.0985. The smallest absolute Gasteiger partial charge is 0.322 e. The third-order valence-corrected chi connectivity index (χ3v) is 8.59. The number of rotatable bonds is 3. The number of likely N-dealkylation sites (N-methyl/N-ethyl adjacent to an activating group) is 1. The highest BCUT2D eigenvalue weighted by Gasteiger charge is 2.36. The van der Waals surface area contributed by atoms with Crippen molar-refractivity contribution >= 4 is 23.1 Å². The predicted molar refractivity (Wildman–Crippen MR) is 144 cm³/mol. The van der Waals surface area contributed by atoms with Crippen LogP contribution in [0.25, 0.3) is 5.00 Å². The summed E-state index contributed by atoms with van der Waals surface area (Å²) in [5.74, 6) is 0.802. The fourth-order valence-corrected chi connectivity index (χ4v) is 6.83. The molecule has 184 valence electrons. The second-order valence-electron chi connectivity index (χ2n) is 9.63. The van der Waals surface area contributed by atoms with Gasteiger partial charge in [-0.25, -0.2) is 4.79 Å². The average Bonchev–Trinajstić information content (AvgIpc) is 3.47. The van der Waals surface area contributed by atoms with E-state index in [0.717, 1.165) is 47.8 Å². The van der Waals surface area contributed by atoms with Crippen LogP contribution < -0.4 is 10.1 Å². The molecule has 0 bridgehead atoms. The highest BCUT2D eigenvalue weighted by atomic mass is 32.1. The molecule has 2 aliphatic heterocycles. The van der Waals surface area contributed by atoms with Gasteiger partial charge in [0.05, 0.1) is 25.4 Å². The maximum Gasteiger partial charge on any atom is 0.322 e. The number of nitrogens with one attached hydrogen (secondary N) is 1. The van der Waals surface area contributed by atoms with Crippen molar-refractivity contribution in [2.75, 3.05) is 26.0 Å². The van der Waals surface area contributed by atoms with E-state index in [9.17, 15) is 4.79 Å². The Morgan fingerprint density at radius 2 is 1.83 bits per heavy atom. The number of hydrogen-bond acceptors (Lipinski definition) is 4. The largest absolute Gasteiger partial charge is 0.497 e. The third-order valence-electron chi connectivity index (χ3n) is 7.33. The zero-order valence-electron chi connectivity index (χ0n) is 20.8. The summed E-state index contributed by atoms with van der Waals surface area (Å²) in [6.07, 6.45) is 3.15. The first-order valence-corrected chi connectivity index (χ1v) is 13.1. The number of fused-ring (bicyclic) bond motifs is 5. The Balaban J connectivity index is 1.49. The van der Waals surface area contributed by atoms with Crippen molar-refractivity contribution < 1.29 is 9.53 Å². The maximum atomic E-state index is 14.0. The molecule has 2 aromatic heterocycles. The van der Waals surface area contributed by atoms with Gasteiger partial charge in [-0.3, -0.25) is 0 Å². The molecule has 2 amide bonds. The fourth-order valence-electron chi connectivity index (χ4n) is 5.39. The van der Waals surface area contributed by atoms with E-state index in [1.54, 1.807) is 7.11 Å². The second-order valence-corrected chi connectivity index (χ2v) is 10.7. The predicted octanol–water partition coefficient (Wildman–Crippen LogP) is 5.98. The van der Waals surface area contributed by atoms with E-state index in [1.807, 2.05) is 59.6 Å². The topological polar surface area (TPSA) is 49.7 Å². The van der Waals surface area contributed by atoms with Crippen LogP contribution in [-0.4, -0.2) is 41.1 Å². The fraction of sp³-hybridized carbons (Fsp3) is 0.276. The van der Waals surface area contributed by atoms with Crippen molar-refractivity contribution in [1.29, 1.82) is 0 Å². The lowest BCUT2D eigenvalue weighted by Crippen LogP contribution is -2.38. The number of hydrogen-bond donors (Lipinski definition) is 1. The molecule has 0 unspecified atom stereocenters. The molecule has 4 heterocycles. The van der Waals surface area contributed by atoms with Crippen molar-refractivity contribution in [2.24, 2.45) is 0 Å². The molecular weight excluding hydrogens is 468 g/mol. The van der Waals surface area contributed by atoms with Gasteiger partial charge in [0.1, 0.15) is 10.8 Å². The number of ether oxygens (including phenoxy) is 1. The minimum Gasteiger partial charge on any atom is -0.497 e. The molecule has 0 saturated carbocycles. The van der Waals surface area contributed by atoms with Crippen LogP contribution in [-0.2, 0) is 19.5 Å². The third kappa shape index (κ3) is 3.88. The van der Waals surface area contributed by atoms with E-state index in [-0.39, 0.29) is 12.1 Å². The first-order valence-electron chi connectivity index (χ1n) is 12.3. The summed E-state index contributed by atoms with van der Waals surface area (Å²) in [6.45, 7) is 4.57. The number of benzene rings is 2. The van der Waals surface area contributed by atoms with Crippen molar-refractivity contribution in [3.05, 3.63) is 99.7 Å². The van der Waals surface area contributed by atoms with Crippen LogP contribution >= 0.6 is 11.3 Å². The van der Waals surface area contributed by atoms with Crippen LogP contribution in [0.1, 0.15) is 38.9 Å². The highest BCUT2D eigenvalue weighted by Crippen LogP contribution is 2.43. The molecule has 1 N–H and O–H groups in total. The van der Waals surface area contributed by atoms with Gasteiger partial charge in [-0.1, -0.05) is 30.3 Å². The minimum atomic E-state index is -0.239. The number of nitrogens with zero attached hydrogens (tertiary/aromatic N) is 3. The number of carbonyl (C=O) groups is 1. The van der Waals surface area contributed by atoms with E-state index in [0.29, 0.717) is 6.54 Å². The number of urea groups is 1. The molecule has 6 nitrogen and oxygen atoms in total. The summed E-state index contributed by atoms with van der Waals surface area (Å²) in [5.41, 5.74) is 6.71. The van der Waals surface area contributed by atoms with Crippen molar-refractivity contribution in [3.8, 4) is 10.8 Å². The van der Waals surface area contributed by atoms with Gasteiger partial charge in [-0.15, -0.1) is 11.3 Å². The molecule has 4 aromatic rings. The van der Waals surface area contributed by atoms with E-state index in [2.05, 4.69) is 52.3 Å². The number of carbonyl (C=O) groups excluding carboxylic acids is 1. The van der Waals surface area contributed by atoms with Gasteiger partial charge < -0.3 is 24.4 Å². The van der Waals surface area contributed by atoms with Crippen molar-refractivity contribution in [1.82, 2.24) is 14.4 Å².